The van der Waals surface area contributed by atoms with Crippen LogP contribution in [0.4, 0.5) is 19.0 Å². The van der Waals surface area contributed by atoms with Crippen molar-refractivity contribution in [3.8, 4) is 12.3 Å². The average molecular weight is 278 g/mol. The number of halogens is 4. The van der Waals surface area contributed by atoms with E-state index in [1.54, 1.807) is 0 Å². The molecule has 0 fully saturated rings. The van der Waals surface area contributed by atoms with Crippen molar-refractivity contribution < 1.29 is 13.2 Å². The summed E-state index contributed by atoms with van der Waals surface area (Å²) in [5.74, 6) is 1.18. The lowest BCUT2D eigenvalue weighted by atomic mass is 10.1. The molecule has 1 atom stereocenters. The normalized spacial score (nSPS) is 12.9. The second-order valence-electron chi connectivity index (χ2n) is 3.56. The topological polar surface area (TPSA) is 37.8 Å². The Labute approximate surface area is 108 Å². The van der Waals surface area contributed by atoms with Crippen molar-refractivity contribution >= 4 is 17.4 Å². The van der Waals surface area contributed by atoms with Crippen molar-refractivity contribution in [3.63, 3.8) is 0 Å². The summed E-state index contributed by atoms with van der Waals surface area (Å²) in [4.78, 5) is 6.51. The van der Waals surface area contributed by atoms with Gasteiger partial charge in [-0.25, -0.2) is 9.97 Å². The van der Waals surface area contributed by atoms with Gasteiger partial charge in [-0.1, -0.05) is 18.5 Å². The summed E-state index contributed by atoms with van der Waals surface area (Å²) in [6.45, 7) is 1.86. The van der Waals surface area contributed by atoms with Crippen LogP contribution >= 0.6 is 11.6 Å². The number of hydrogen-bond donors (Lipinski definition) is 1. The second kappa shape index (κ2) is 5.91. The first-order valence-corrected chi connectivity index (χ1v) is 5.56. The number of anilines is 1. The molecule has 1 unspecified atom stereocenters. The summed E-state index contributed by atoms with van der Waals surface area (Å²) < 4.78 is 37.4. The molecule has 1 N–H and O–H groups in total. The van der Waals surface area contributed by atoms with Crippen molar-refractivity contribution in [2.24, 2.45) is 0 Å². The Morgan fingerprint density at radius 1 is 1.50 bits per heavy atom. The van der Waals surface area contributed by atoms with E-state index in [-0.39, 0.29) is 17.0 Å². The Morgan fingerprint density at radius 3 is 2.67 bits per heavy atom. The minimum Gasteiger partial charge on any atom is -0.366 e. The van der Waals surface area contributed by atoms with Gasteiger partial charge in [-0.3, -0.25) is 0 Å². The SMILES string of the molecule is C#CCC(CC)Nc1cc(Cl)nc(C(F)(F)F)n1. The zero-order valence-electron chi connectivity index (χ0n) is 9.55. The van der Waals surface area contributed by atoms with Crippen LogP contribution in [0.2, 0.25) is 5.15 Å². The van der Waals surface area contributed by atoms with Crippen LogP contribution in [-0.4, -0.2) is 16.0 Å². The van der Waals surface area contributed by atoms with Gasteiger partial charge >= 0.3 is 6.18 Å². The molecule has 0 aliphatic carbocycles. The summed E-state index contributed by atoms with van der Waals surface area (Å²) in [6.07, 6.45) is 1.58. The van der Waals surface area contributed by atoms with Crippen LogP contribution in [0.1, 0.15) is 25.6 Å². The van der Waals surface area contributed by atoms with Crippen molar-refractivity contribution in [1.29, 1.82) is 0 Å². The summed E-state index contributed by atoms with van der Waals surface area (Å²) >= 11 is 5.53. The number of nitrogens with one attached hydrogen (secondary N) is 1. The number of aromatic nitrogens is 2. The molecule has 1 aromatic rings. The Bertz CT molecular complexity index is 454. The number of hydrogen-bond acceptors (Lipinski definition) is 3. The number of alkyl halides is 3. The number of nitrogens with zero attached hydrogens (tertiary/aromatic N) is 2. The largest absolute Gasteiger partial charge is 0.451 e. The molecular formula is C11H11ClF3N3. The molecule has 0 amide bonds. The van der Waals surface area contributed by atoms with Gasteiger partial charge in [0.2, 0.25) is 5.82 Å². The van der Waals surface area contributed by atoms with Gasteiger partial charge in [-0.2, -0.15) is 13.2 Å². The summed E-state index contributed by atoms with van der Waals surface area (Å²) in [6, 6.07) is 1.08. The molecule has 1 rings (SSSR count). The fourth-order valence-corrected chi connectivity index (χ4v) is 1.45. The molecule has 0 bridgehead atoms. The van der Waals surface area contributed by atoms with E-state index in [1.807, 2.05) is 6.92 Å². The van der Waals surface area contributed by atoms with Crippen LogP contribution in [0.15, 0.2) is 6.07 Å². The standard InChI is InChI=1S/C11H11ClF3N3/c1-3-5-7(4-2)16-9-6-8(12)17-10(18-9)11(13,14)15/h1,6-7H,4-5H2,2H3,(H,16,17,18). The van der Waals surface area contributed by atoms with Gasteiger partial charge in [-0.15, -0.1) is 12.3 Å². The van der Waals surface area contributed by atoms with Crippen LogP contribution in [0, 0.1) is 12.3 Å². The molecule has 1 aromatic heterocycles. The molecule has 18 heavy (non-hydrogen) atoms. The van der Waals surface area contributed by atoms with Gasteiger partial charge in [-0.05, 0) is 6.42 Å². The predicted octanol–water partition coefficient (Wildman–Crippen LogP) is 3.36. The number of terminal acetylenes is 1. The Hall–Kier alpha value is -1.48. The maximum Gasteiger partial charge on any atom is 0.451 e. The van der Waals surface area contributed by atoms with E-state index in [0.29, 0.717) is 12.8 Å². The maximum absolute atomic E-state index is 12.5. The highest BCUT2D eigenvalue weighted by Gasteiger charge is 2.35. The van der Waals surface area contributed by atoms with Gasteiger partial charge in [0.05, 0.1) is 0 Å². The summed E-state index contributed by atoms with van der Waals surface area (Å²) in [5, 5.41) is 2.54. The first-order valence-electron chi connectivity index (χ1n) is 5.18. The van der Waals surface area contributed by atoms with Gasteiger partial charge < -0.3 is 5.32 Å². The molecule has 3 nitrogen and oxygen atoms in total. The van der Waals surface area contributed by atoms with Gasteiger partial charge in [0, 0.05) is 18.5 Å². The maximum atomic E-state index is 12.5. The lowest BCUT2D eigenvalue weighted by Crippen LogP contribution is -2.20. The van der Waals surface area contributed by atoms with Gasteiger partial charge in [0.1, 0.15) is 11.0 Å². The fourth-order valence-electron chi connectivity index (χ4n) is 1.27. The quantitative estimate of drug-likeness (QED) is 0.677. The molecule has 0 aliphatic rings. The van der Waals surface area contributed by atoms with E-state index in [1.165, 1.54) is 6.07 Å². The highest BCUT2D eigenvalue weighted by atomic mass is 35.5. The van der Waals surface area contributed by atoms with E-state index in [2.05, 4.69) is 21.2 Å². The van der Waals surface area contributed by atoms with Crippen molar-refractivity contribution in [1.82, 2.24) is 9.97 Å². The molecule has 0 radical (unpaired) electrons. The minimum absolute atomic E-state index is 0.0180. The smallest absolute Gasteiger partial charge is 0.366 e. The van der Waals surface area contributed by atoms with Crippen LogP contribution in [0.3, 0.4) is 0 Å². The lowest BCUT2D eigenvalue weighted by Gasteiger charge is -2.16. The third-order valence-corrected chi connectivity index (χ3v) is 2.35. The van der Waals surface area contributed by atoms with Crippen molar-refractivity contribution in [2.75, 3.05) is 5.32 Å². The molecular weight excluding hydrogens is 267 g/mol. The van der Waals surface area contributed by atoms with Crippen LogP contribution in [0.5, 0.6) is 0 Å². The zero-order valence-corrected chi connectivity index (χ0v) is 10.3. The molecule has 0 spiro atoms. The molecule has 0 saturated carbocycles. The first kappa shape index (κ1) is 14.6. The van der Waals surface area contributed by atoms with Gasteiger partial charge in [0.25, 0.3) is 0 Å². The van der Waals surface area contributed by atoms with E-state index < -0.39 is 12.0 Å². The average Bonchev–Trinajstić information content (AvgIpc) is 2.26. The third-order valence-electron chi connectivity index (χ3n) is 2.16. The highest BCUT2D eigenvalue weighted by molar-refractivity contribution is 6.29. The van der Waals surface area contributed by atoms with E-state index >= 15 is 0 Å². The van der Waals surface area contributed by atoms with Crippen LogP contribution in [-0.2, 0) is 6.18 Å². The third kappa shape index (κ3) is 4.08. The molecule has 7 heteroatoms. The molecule has 0 saturated heterocycles. The van der Waals surface area contributed by atoms with Crippen LogP contribution in [0.25, 0.3) is 0 Å². The van der Waals surface area contributed by atoms with E-state index in [9.17, 15) is 13.2 Å². The Balaban J connectivity index is 2.97. The fraction of sp³-hybridized carbons (Fsp3) is 0.455. The second-order valence-corrected chi connectivity index (χ2v) is 3.94. The molecule has 0 aliphatic heterocycles. The predicted molar refractivity (Wildman–Crippen MR) is 63.2 cm³/mol. The van der Waals surface area contributed by atoms with Crippen molar-refractivity contribution in [3.05, 3.63) is 17.0 Å². The lowest BCUT2D eigenvalue weighted by molar-refractivity contribution is -0.144. The Morgan fingerprint density at radius 2 is 2.17 bits per heavy atom. The zero-order chi connectivity index (χ0) is 13.8. The first-order chi connectivity index (χ1) is 8.36. The molecule has 1 heterocycles. The van der Waals surface area contributed by atoms with Gasteiger partial charge in [0.15, 0.2) is 0 Å². The summed E-state index contributed by atoms with van der Waals surface area (Å²) in [7, 11) is 0. The van der Waals surface area contributed by atoms with E-state index in [4.69, 9.17) is 18.0 Å². The summed E-state index contributed by atoms with van der Waals surface area (Å²) in [5.41, 5.74) is 0. The Kier molecular flexibility index (Phi) is 4.79. The highest BCUT2D eigenvalue weighted by Crippen LogP contribution is 2.28. The molecule has 98 valence electrons. The molecule has 0 aromatic carbocycles. The van der Waals surface area contributed by atoms with E-state index in [0.717, 1.165) is 0 Å². The van der Waals surface area contributed by atoms with Crippen molar-refractivity contribution in [2.45, 2.75) is 32.0 Å². The number of rotatable bonds is 4. The monoisotopic (exact) mass is 277 g/mol. The van der Waals surface area contributed by atoms with Crippen LogP contribution < -0.4 is 5.32 Å². The minimum atomic E-state index is -4.63.